The Bertz CT molecular complexity index is 838. The number of hydrogen-bond donors (Lipinski definition) is 2. The number of carbonyl (C=O) groups is 2. The third kappa shape index (κ3) is 4.61. The van der Waals surface area contributed by atoms with E-state index in [1.807, 2.05) is 26.0 Å². The van der Waals surface area contributed by atoms with E-state index in [1.54, 1.807) is 31.1 Å². The summed E-state index contributed by atoms with van der Waals surface area (Å²) < 4.78 is 5.47. The topological polar surface area (TPSA) is 113 Å². The van der Waals surface area contributed by atoms with Crippen LogP contribution in [0.5, 0.6) is 0 Å². The monoisotopic (exact) mass is 400 g/mol. The molecule has 2 aromatic heterocycles. The van der Waals surface area contributed by atoms with Crippen molar-refractivity contribution >= 4 is 11.8 Å². The number of likely N-dealkylation sites (tertiary alicyclic amines) is 1. The standard InChI is InChI=1S/C20H28N6O3/c1-12(2)16(23-18(27)13(3)21-4)20(28)26-11-7-9-15(26)19-24-17(25-29-19)14-8-5-6-10-22-14/h5-6,8,10,12-13,15-16,21H,7,9,11H2,1-4H3,(H,23,27)/t13-,15-,16-/m0/s1. The first kappa shape index (κ1) is 20.9. The second-order valence-corrected chi connectivity index (χ2v) is 7.60. The van der Waals surface area contributed by atoms with Crippen LogP contribution in [0.3, 0.4) is 0 Å². The second-order valence-electron chi connectivity index (χ2n) is 7.60. The van der Waals surface area contributed by atoms with Crippen molar-refractivity contribution in [2.24, 2.45) is 5.92 Å². The van der Waals surface area contributed by atoms with Crippen LogP contribution >= 0.6 is 0 Å². The Kier molecular flexibility index (Phi) is 6.58. The van der Waals surface area contributed by atoms with E-state index in [2.05, 4.69) is 25.8 Å². The average Bonchev–Trinajstić information content (AvgIpc) is 3.40. The lowest BCUT2D eigenvalue weighted by Crippen LogP contribution is -2.54. The normalized spacial score (nSPS) is 18.7. The number of pyridine rings is 1. The van der Waals surface area contributed by atoms with Crippen LogP contribution in [0.15, 0.2) is 28.9 Å². The molecule has 1 saturated heterocycles. The van der Waals surface area contributed by atoms with Crippen molar-refractivity contribution in [1.82, 2.24) is 30.7 Å². The lowest BCUT2D eigenvalue weighted by molar-refractivity contribution is -0.139. The smallest absolute Gasteiger partial charge is 0.249 e. The van der Waals surface area contributed by atoms with Gasteiger partial charge in [-0.15, -0.1) is 0 Å². The number of nitrogens with zero attached hydrogens (tertiary/aromatic N) is 4. The molecule has 9 nitrogen and oxygen atoms in total. The van der Waals surface area contributed by atoms with E-state index in [1.165, 1.54) is 0 Å². The van der Waals surface area contributed by atoms with Gasteiger partial charge in [0.1, 0.15) is 17.8 Å². The van der Waals surface area contributed by atoms with Crippen LogP contribution in [0.25, 0.3) is 11.5 Å². The minimum absolute atomic E-state index is 0.0523. The Morgan fingerprint density at radius 3 is 2.72 bits per heavy atom. The number of nitrogens with one attached hydrogen (secondary N) is 2. The lowest BCUT2D eigenvalue weighted by Gasteiger charge is -2.30. The van der Waals surface area contributed by atoms with Crippen molar-refractivity contribution in [3.8, 4) is 11.5 Å². The van der Waals surface area contributed by atoms with E-state index in [-0.39, 0.29) is 29.8 Å². The molecule has 3 heterocycles. The Morgan fingerprint density at radius 2 is 2.07 bits per heavy atom. The van der Waals surface area contributed by atoms with E-state index in [0.29, 0.717) is 24.0 Å². The summed E-state index contributed by atoms with van der Waals surface area (Å²) >= 11 is 0. The predicted octanol–water partition coefficient (Wildman–Crippen LogP) is 1.54. The van der Waals surface area contributed by atoms with E-state index in [0.717, 1.165) is 12.8 Å². The van der Waals surface area contributed by atoms with Gasteiger partial charge >= 0.3 is 0 Å². The number of likely N-dealkylation sites (N-methyl/N-ethyl adjacent to an activating group) is 1. The molecular formula is C20H28N6O3. The van der Waals surface area contributed by atoms with Gasteiger partial charge in [0, 0.05) is 12.7 Å². The maximum atomic E-state index is 13.3. The first-order valence-corrected chi connectivity index (χ1v) is 9.95. The largest absolute Gasteiger partial charge is 0.343 e. The van der Waals surface area contributed by atoms with Crippen molar-refractivity contribution in [2.45, 2.75) is 51.7 Å². The van der Waals surface area contributed by atoms with E-state index in [9.17, 15) is 9.59 Å². The quantitative estimate of drug-likeness (QED) is 0.725. The van der Waals surface area contributed by atoms with Crippen molar-refractivity contribution in [2.75, 3.05) is 13.6 Å². The number of carbonyl (C=O) groups excluding carboxylic acids is 2. The van der Waals surface area contributed by atoms with E-state index >= 15 is 0 Å². The fraction of sp³-hybridized carbons (Fsp3) is 0.550. The molecule has 0 bridgehead atoms. The van der Waals surface area contributed by atoms with Gasteiger partial charge in [-0.05, 0) is 44.9 Å². The summed E-state index contributed by atoms with van der Waals surface area (Å²) in [5.74, 6) is 0.413. The van der Waals surface area contributed by atoms with Gasteiger partial charge in [0.05, 0.1) is 6.04 Å². The third-order valence-electron chi connectivity index (χ3n) is 5.21. The zero-order valence-electron chi connectivity index (χ0n) is 17.3. The highest BCUT2D eigenvalue weighted by atomic mass is 16.5. The highest BCUT2D eigenvalue weighted by molar-refractivity contribution is 5.90. The second kappa shape index (κ2) is 9.13. The van der Waals surface area contributed by atoms with Crippen molar-refractivity contribution in [3.63, 3.8) is 0 Å². The number of hydrogen-bond acceptors (Lipinski definition) is 7. The molecule has 1 aliphatic rings. The maximum Gasteiger partial charge on any atom is 0.249 e. The third-order valence-corrected chi connectivity index (χ3v) is 5.21. The molecule has 0 spiro atoms. The summed E-state index contributed by atoms with van der Waals surface area (Å²) in [7, 11) is 1.71. The molecule has 0 aliphatic carbocycles. The van der Waals surface area contributed by atoms with Gasteiger partial charge in [-0.3, -0.25) is 14.6 Å². The number of aromatic nitrogens is 3. The summed E-state index contributed by atoms with van der Waals surface area (Å²) in [4.78, 5) is 36.1. The Labute approximate surface area is 170 Å². The summed E-state index contributed by atoms with van der Waals surface area (Å²) in [5, 5.41) is 9.79. The van der Waals surface area contributed by atoms with Crippen LogP contribution in [0, 0.1) is 5.92 Å². The Morgan fingerprint density at radius 1 is 1.28 bits per heavy atom. The minimum Gasteiger partial charge on any atom is -0.343 e. The molecule has 0 saturated carbocycles. The maximum absolute atomic E-state index is 13.3. The molecule has 3 rings (SSSR count). The highest BCUT2D eigenvalue weighted by Gasteiger charge is 2.39. The average molecular weight is 400 g/mol. The molecule has 3 atom stereocenters. The van der Waals surface area contributed by atoms with Gasteiger partial charge in [-0.1, -0.05) is 25.1 Å². The van der Waals surface area contributed by atoms with Crippen LogP contribution in [0.4, 0.5) is 0 Å². The van der Waals surface area contributed by atoms with Crippen LogP contribution in [0.1, 0.15) is 45.5 Å². The fourth-order valence-corrected chi connectivity index (χ4v) is 3.36. The molecule has 2 amide bonds. The molecule has 0 unspecified atom stereocenters. The fourth-order valence-electron chi connectivity index (χ4n) is 3.36. The first-order chi connectivity index (χ1) is 13.9. The van der Waals surface area contributed by atoms with E-state index < -0.39 is 6.04 Å². The molecule has 1 aliphatic heterocycles. The zero-order chi connectivity index (χ0) is 21.0. The van der Waals surface area contributed by atoms with Crippen LogP contribution < -0.4 is 10.6 Å². The van der Waals surface area contributed by atoms with Gasteiger partial charge in [0.25, 0.3) is 0 Å². The number of amides is 2. The highest BCUT2D eigenvalue weighted by Crippen LogP contribution is 2.32. The van der Waals surface area contributed by atoms with Gasteiger partial charge in [-0.2, -0.15) is 4.98 Å². The Balaban J connectivity index is 1.77. The van der Waals surface area contributed by atoms with Gasteiger partial charge in [0.2, 0.25) is 23.5 Å². The van der Waals surface area contributed by atoms with Crippen LogP contribution in [-0.4, -0.2) is 57.5 Å². The molecule has 2 aromatic rings. The molecule has 0 radical (unpaired) electrons. The predicted molar refractivity (Wildman–Crippen MR) is 107 cm³/mol. The van der Waals surface area contributed by atoms with Crippen molar-refractivity contribution < 1.29 is 14.1 Å². The van der Waals surface area contributed by atoms with Gasteiger partial charge < -0.3 is 20.1 Å². The summed E-state index contributed by atoms with van der Waals surface area (Å²) in [5.41, 5.74) is 0.617. The van der Waals surface area contributed by atoms with Gasteiger partial charge in [0.15, 0.2) is 0 Å². The van der Waals surface area contributed by atoms with Crippen molar-refractivity contribution in [3.05, 3.63) is 30.3 Å². The molecule has 156 valence electrons. The zero-order valence-corrected chi connectivity index (χ0v) is 17.3. The molecule has 9 heteroatoms. The minimum atomic E-state index is -0.614. The molecule has 0 aromatic carbocycles. The first-order valence-electron chi connectivity index (χ1n) is 9.95. The van der Waals surface area contributed by atoms with E-state index in [4.69, 9.17) is 4.52 Å². The molecule has 1 fully saturated rings. The van der Waals surface area contributed by atoms with Crippen molar-refractivity contribution in [1.29, 1.82) is 0 Å². The number of rotatable bonds is 7. The Hall–Kier alpha value is -2.81. The van der Waals surface area contributed by atoms with Crippen LogP contribution in [-0.2, 0) is 9.59 Å². The lowest BCUT2D eigenvalue weighted by atomic mass is 10.0. The molecular weight excluding hydrogens is 372 g/mol. The van der Waals surface area contributed by atoms with Crippen LogP contribution in [0.2, 0.25) is 0 Å². The van der Waals surface area contributed by atoms with Gasteiger partial charge in [-0.25, -0.2) is 0 Å². The summed E-state index contributed by atoms with van der Waals surface area (Å²) in [6, 6.07) is 4.18. The SMILES string of the molecule is CN[C@@H](C)C(=O)N[C@H](C(=O)N1CCC[C@H]1c1nc(-c2ccccn2)no1)C(C)C. The molecule has 29 heavy (non-hydrogen) atoms. The summed E-state index contributed by atoms with van der Waals surface area (Å²) in [6.45, 7) is 6.19. The summed E-state index contributed by atoms with van der Waals surface area (Å²) in [6.07, 6.45) is 3.24. The molecule has 2 N–H and O–H groups in total.